The maximum atomic E-state index is 13.4. The molecule has 2 saturated heterocycles. The van der Waals surface area contributed by atoms with Crippen molar-refractivity contribution in [3.05, 3.63) is 70.7 Å². The van der Waals surface area contributed by atoms with E-state index < -0.39 is 5.92 Å². The fourth-order valence-electron chi connectivity index (χ4n) is 4.53. The minimum absolute atomic E-state index is 0. The standard InChI is InChI=1S/C22H24ClN3O2.ClH/c1-25-20(27)11-17(21(25)15-8-5-9-16(23)10-15)22(28)26-12-18(19(24)13-26)14-6-3-2-4-7-14;/h2-10,17-19,21H,11-13,24H2,1H3;1H/t17?,18-,19+,21?;/m0./s1. The summed E-state index contributed by atoms with van der Waals surface area (Å²) in [5.41, 5.74) is 8.41. The summed E-state index contributed by atoms with van der Waals surface area (Å²) < 4.78 is 0. The fraction of sp³-hybridized carbons (Fsp3) is 0.364. The topological polar surface area (TPSA) is 66.6 Å². The first-order valence-electron chi connectivity index (χ1n) is 9.56. The number of hydrogen-bond donors (Lipinski definition) is 1. The van der Waals surface area contributed by atoms with E-state index in [1.165, 1.54) is 0 Å². The Hall–Kier alpha value is -2.08. The molecule has 0 bridgehead atoms. The minimum atomic E-state index is -0.419. The Kier molecular flexibility index (Phi) is 6.52. The van der Waals surface area contributed by atoms with E-state index in [1.54, 1.807) is 18.0 Å². The van der Waals surface area contributed by atoms with Gasteiger partial charge in [-0.3, -0.25) is 9.59 Å². The van der Waals surface area contributed by atoms with Crippen molar-refractivity contribution in [1.29, 1.82) is 0 Å². The SMILES string of the molecule is CN1C(=O)CC(C(=O)N2C[C@@H](N)[C@H](c3ccccc3)C2)C1c1cccc(Cl)c1.Cl. The van der Waals surface area contributed by atoms with Crippen LogP contribution in [0.5, 0.6) is 0 Å². The van der Waals surface area contributed by atoms with E-state index in [0.29, 0.717) is 18.1 Å². The lowest BCUT2D eigenvalue weighted by Gasteiger charge is -2.28. The monoisotopic (exact) mass is 433 g/mol. The number of halogens is 2. The molecule has 2 fully saturated rings. The third-order valence-electron chi connectivity index (χ3n) is 6.00. The predicted octanol–water partition coefficient (Wildman–Crippen LogP) is 3.23. The molecule has 0 aromatic heterocycles. The van der Waals surface area contributed by atoms with Crippen LogP contribution in [0.3, 0.4) is 0 Å². The summed E-state index contributed by atoms with van der Waals surface area (Å²) in [5, 5.41) is 0.601. The molecule has 2 heterocycles. The predicted molar refractivity (Wildman–Crippen MR) is 116 cm³/mol. The van der Waals surface area contributed by atoms with Crippen molar-refractivity contribution >= 4 is 35.8 Å². The third kappa shape index (κ3) is 4.13. The number of carbonyl (C=O) groups excluding carboxylic acids is 2. The van der Waals surface area contributed by atoms with Crippen LogP contribution in [0.1, 0.15) is 29.5 Å². The van der Waals surface area contributed by atoms with Crippen molar-refractivity contribution < 1.29 is 9.59 Å². The number of nitrogens with two attached hydrogens (primary N) is 1. The highest BCUT2D eigenvalue weighted by atomic mass is 35.5. The molecule has 2 aliphatic rings. The first-order valence-corrected chi connectivity index (χ1v) is 9.94. The van der Waals surface area contributed by atoms with Crippen molar-refractivity contribution in [3.63, 3.8) is 0 Å². The quantitative estimate of drug-likeness (QED) is 0.807. The zero-order valence-electron chi connectivity index (χ0n) is 16.2. The number of hydrogen-bond acceptors (Lipinski definition) is 3. The van der Waals surface area contributed by atoms with Crippen LogP contribution in [0.4, 0.5) is 0 Å². The molecule has 2 aromatic carbocycles. The van der Waals surface area contributed by atoms with Crippen molar-refractivity contribution in [1.82, 2.24) is 9.80 Å². The van der Waals surface area contributed by atoms with E-state index in [-0.39, 0.29) is 48.6 Å². The number of likely N-dealkylation sites (tertiary alicyclic amines) is 2. The number of nitrogens with zero attached hydrogens (tertiary/aromatic N) is 2. The Morgan fingerprint density at radius 3 is 2.45 bits per heavy atom. The van der Waals surface area contributed by atoms with Crippen LogP contribution in [-0.2, 0) is 9.59 Å². The van der Waals surface area contributed by atoms with Crippen LogP contribution in [0.25, 0.3) is 0 Å². The van der Waals surface area contributed by atoms with E-state index in [1.807, 2.05) is 41.3 Å². The Bertz CT molecular complexity index is 893. The van der Waals surface area contributed by atoms with Crippen molar-refractivity contribution in [2.24, 2.45) is 11.7 Å². The molecule has 2 N–H and O–H groups in total. The lowest BCUT2D eigenvalue weighted by atomic mass is 9.92. The molecule has 2 unspecified atom stereocenters. The Morgan fingerprint density at radius 1 is 1.07 bits per heavy atom. The van der Waals surface area contributed by atoms with Crippen molar-refractivity contribution in [2.75, 3.05) is 20.1 Å². The van der Waals surface area contributed by atoms with E-state index in [9.17, 15) is 9.59 Å². The molecular formula is C22H25Cl2N3O2. The van der Waals surface area contributed by atoms with Crippen LogP contribution in [0.2, 0.25) is 5.02 Å². The smallest absolute Gasteiger partial charge is 0.228 e. The van der Waals surface area contributed by atoms with Gasteiger partial charge in [0.05, 0.1) is 12.0 Å². The maximum Gasteiger partial charge on any atom is 0.228 e. The van der Waals surface area contributed by atoms with E-state index in [2.05, 4.69) is 12.1 Å². The van der Waals surface area contributed by atoms with Gasteiger partial charge in [-0.05, 0) is 23.3 Å². The second kappa shape index (κ2) is 8.74. The van der Waals surface area contributed by atoms with Gasteiger partial charge in [-0.2, -0.15) is 0 Å². The summed E-state index contributed by atoms with van der Waals surface area (Å²) >= 11 is 6.15. The zero-order valence-corrected chi connectivity index (χ0v) is 17.8. The second-order valence-corrected chi connectivity index (χ2v) is 8.18. The molecule has 154 valence electrons. The number of rotatable bonds is 3. The Morgan fingerprint density at radius 2 is 1.76 bits per heavy atom. The highest BCUT2D eigenvalue weighted by Gasteiger charge is 2.46. The van der Waals surface area contributed by atoms with Crippen molar-refractivity contribution in [2.45, 2.75) is 24.4 Å². The van der Waals surface area contributed by atoms with Gasteiger partial charge in [-0.15, -0.1) is 12.4 Å². The molecule has 0 radical (unpaired) electrons. The summed E-state index contributed by atoms with van der Waals surface area (Å²) in [5.74, 6) is -0.328. The summed E-state index contributed by atoms with van der Waals surface area (Å²) in [7, 11) is 1.75. The van der Waals surface area contributed by atoms with Gasteiger partial charge in [0.2, 0.25) is 11.8 Å². The molecule has 0 saturated carbocycles. The minimum Gasteiger partial charge on any atom is -0.340 e. The summed E-state index contributed by atoms with van der Waals surface area (Å²) in [6.45, 7) is 1.09. The zero-order chi connectivity index (χ0) is 19.8. The average Bonchev–Trinajstić information content (AvgIpc) is 3.22. The van der Waals surface area contributed by atoms with Gasteiger partial charge < -0.3 is 15.5 Å². The summed E-state index contributed by atoms with van der Waals surface area (Å²) in [6, 6.07) is 17.1. The Labute approximate surface area is 182 Å². The molecule has 2 aromatic rings. The van der Waals surface area contributed by atoms with Crippen LogP contribution in [0, 0.1) is 5.92 Å². The second-order valence-electron chi connectivity index (χ2n) is 7.74. The fourth-order valence-corrected chi connectivity index (χ4v) is 4.73. The van der Waals surface area contributed by atoms with Gasteiger partial charge in [0.15, 0.2) is 0 Å². The van der Waals surface area contributed by atoms with Gasteiger partial charge in [-0.1, -0.05) is 54.1 Å². The number of amides is 2. The van der Waals surface area contributed by atoms with Gasteiger partial charge >= 0.3 is 0 Å². The molecule has 5 nitrogen and oxygen atoms in total. The lowest BCUT2D eigenvalue weighted by Crippen LogP contribution is -2.38. The molecular weight excluding hydrogens is 409 g/mol. The molecule has 0 aliphatic carbocycles. The number of carbonyl (C=O) groups is 2. The molecule has 7 heteroatoms. The third-order valence-corrected chi connectivity index (χ3v) is 6.23. The van der Waals surface area contributed by atoms with Crippen LogP contribution >= 0.6 is 24.0 Å². The van der Waals surface area contributed by atoms with E-state index in [4.69, 9.17) is 17.3 Å². The molecule has 4 rings (SSSR count). The maximum absolute atomic E-state index is 13.4. The first-order chi connectivity index (χ1) is 13.5. The first kappa shape index (κ1) is 21.6. The van der Waals surface area contributed by atoms with E-state index in [0.717, 1.165) is 11.1 Å². The number of benzene rings is 2. The van der Waals surface area contributed by atoms with Gasteiger partial charge in [-0.25, -0.2) is 0 Å². The van der Waals surface area contributed by atoms with E-state index >= 15 is 0 Å². The van der Waals surface area contributed by atoms with Gasteiger partial charge in [0, 0.05) is 43.5 Å². The van der Waals surface area contributed by atoms with Crippen LogP contribution in [0.15, 0.2) is 54.6 Å². The molecule has 2 aliphatic heterocycles. The summed E-state index contributed by atoms with van der Waals surface area (Å²) in [4.78, 5) is 29.3. The highest BCUT2D eigenvalue weighted by molar-refractivity contribution is 6.30. The summed E-state index contributed by atoms with van der Waals surface area (Å²) in [6.07, 6.45) is 0.217. The molecule has 0 spiro atoms. The Balaban J connectivity index is 0.00000240. The molecule has 29 heavy (non-hydrogen) atoms. The lowest BCUT2D eigenvalue weighted by molar-refractivity contribution is -0.135. The largest absolute Gasteiger partial charge is 0.340 e. The average molecular weight is 434 g/mol. The molecule has 4 atom stereocenters. The normalized spacial score (nSPS) is 26.5. The van der Waals surface area contributed by atoms with Crippen LogP contribution in [-0.4, -0.2) is 47.8 Å². The highest BCUT2D eigenvalue weighted by Crippen LogP contribution is 2.40. The van der Waals surface area contributed by atoms with Crippen molar-refractivity contribution in [3.8, 4) is 0 Å². The van der Waals surface area contributed by atoms with Gasteiger partial charge in [0.1, 0.15) is 0 Å². The van der Waals surface area contributed by atoms with Crippen LogP contribution < -0.4 is 5.73 Å². The van der Waals surface area contributed by atoms with Gasteiger partial charge in [0.25, 0.3) is 0 Å². The molecule has 2 amide bonds.